The van der Waals surface area contributed by atoms with Gasteiger partial charge >= 0.3 is 0 Å². The quantitative estimate of drug-likeness (QED) is 0.154. The second-order valence-corrected chi connectivity index (χ2v) is 26.6. The van der Waals surface area contributed by atoms with Gasteiger partial charge in [0.1, 0.15) is 0 Å². The Morgan fingerprint density at radius 3 is 1.17 bits per heavy atom. The highest BCUT2D eigenvalue weighted by atomic mass is 15.1. The van der Waals surface area contributed by atoms with Crippen LogP contribution in [0.2, 0.25) is 0 Å². The largest absolute Gasteiger partial charge is 0.310 e. The minimum Gasteiger partial charge on any atom is -0.310 e. The lowest BCUT2D eigenvalue weighted by Gasteiger charge is -2.29. The van der Waals surface area contributed by atoms with E-state index in [0.717, 1.165) is 17.1 Å². The predicted molar refractivity (Wildman–Crippen MR) is 314 cm³/mol. The van der Waals surface area contributed by atoms with Crippen molar-refractivity contribution in [2.45, 2.75) is 150 Å². The number of benzene rings is 8. The molecule has 368 valence electrons. The van der Waals surface area contributed by atoms with E-state index in [0.29, 0.717) is 0 Å². The van der Waals surface area contributed by atoms with E-state index in [1.807, 2.05) is 0 Å². The molecule has 0 radical (unpaired) electrons. The van der Waals surface area contributed by atoms with E-state index in [1.54, 1.807) is 0 Å². The van der Waals surface area contributed by atoms with Gasteiger partial charge in [-0.2, -0.15) is 0 Å². The number of rotatable bonds is 7. The molecule has 8 aromatic carbocycles. The van der Waals surface area contributed by atoms with E-state index in [9.17, 15) is 0 Å². The van der Waals surface area contributed by atoms with Crippen LogP contribution >= 0.6 is 0 Å². The smallest absolute Gasteiger partial charge is 0.0467 e. The van der Waals surface area contributed by atoms with Gasteiger partial charge in [-0.1, -0.05) is 239 Å². The summed E-state index contributed by atoms with van der Waals surface area (Å²) in [5.41, 5.74) is 25.3. The van der Waals surface area contributed by atoms with Crippen molar-refractivity contribution >= 4 is 17.1 Å². The summed E-state index contributed by atoms with van der Waals surface area (Å²) in [6.07, 6.45) is 0. The van der Waals surface area contributed by atoms with Gasteiger partial charge in [-0.15, -0.1) is 0 Å². The molecule has 0 atom stereocenters. The van der Waals surface area contributed by atoms with Crippen LogP contribution in [0.4, 0.5) is 17.1 Å². The minimum absolute atomic E-state index is 0.0195. The van der Waals surface area contributed by atoms with E-state index in [-0.39, 0.29) is 32.5 Å². The molecule has 9 rings (SSSR count). The summed E-state index contributed by atoms with van der Waals surface area (Å²) in [4.78, 5) is 2.46. The molecule has 1 heteroatoms. The molecule has 8 aromatic rings. The van der Waals surface area contributed by atoms with Crippen molar-refractivity contribution in [2.24, 2.45) is 0 Å². The zero-order chi connectivity index (χ0) is 51.9. The Hall–Kier alpha value is -6.44. The predicted octanol–water partition coefficient (Wildman–Crippen LogP) is 20.6. The second-order valence-electron chi connectivity index (χ2n) is 26.6. The molecule has 72 heavy (non-hydrogen) atoms. The normalized spacial score (nSPS) is 13.7. The third-order valence-electron chi connectivity index (χ3n) is 15.4. The molecule has 0 heterocycles. The summed E-state index contributed by atoms with van der Waals surface area (Å²) >= 11 is 0. The SMILES string of the molecule is CC(C)(C)c1cccc(-c2ccc(N(c3cccc(-c4cc(-c5cc(-c6cc(C(C)(C)C)cc(C(C)(C)C)c6)cc(C(C)(C)C)c5)cc(C(C)(C)C)c4)c3)c3ccc4c(c3)C(C)(C)c3ccccc3-4)cc2)c1. The van der Waals surface area contributed by atoms with Gasteiger partial charge < -0.3 is 4.90 Å². The summed E-state index contributed by atoms with van der Waals surface area (Å²) < 4.78 is 0. The van der Waals surface area contributed by atoms with Crippen molar-refractivity contribution in [3.63, 3.8) is 0 Å². The Bertz CT molecular complexity index is 3290. The van der Waals surface area contributed by atoms with Gasteiger partial charge in [0.05, 0.1) is 0 Å². The van der Waals surface area contributed by atoms with Crippen molar-refractivity contribution in [3.8, 4) is 55.6 Å². The van der Waals surface area contributed by atoms with Crippen molar-refractivity contribution in [1.29, 1.82) is 0 Å². The first-order chi connectivity index (χ1) is 33.6. The monoisotopic (exact) mass is 946 g/mol. The molecule has 0 aromatic heterocycles. The second kappa shape index (κ2) is 17.9. The fourth-order valence-corrected chi connectivity index (χ4v) is 10.5. The highest BCUT2D eigenvalue weighted by molar-refractivity contribution is 5.88. The maximum atomic E-state index is 2.46. The van der Waals surface area contributed by atoms with Gasteiger partial charge in [-0.25, -0.2) is 0 Å². The summed E-state index contributed by atoms with van der Waals surface area (Å²) in [7, 11) is 0. The summed E-state index contributed by atoms with van der Waals surface area (Å²) in [6, 6.07) is 65.5. The summed E-state index contributed by atoms with van der Waals surface area (Å²) in [5.74, 6) is 0. The van der Waals surface area contributed by atoms with E-state index < -0.39 is 0 Å². The zero-order valence-electron chi connectivity index (χ0n) is 46.6. The number of fused-ring (bicyclic) bond motifs is 3. The molecule has 1 aliphatic carbocycles. The van der Waals surface area contributed by atoms with Crippen LogP contribution < -0.4 is 4.90 Å². The van der Waals surface area contributed by atoms with E-state index in [2.05, 4.69) is 292 Å². The van der Waals surface area contributed by atoms with Gasteiger partial charge in [0.15, 0.2) is 0 Å². The first-order valence-electron chi connectivity index (χ1n) is 26.4. The first kappa shape index (κ1) is 50.5. The Balaban J connectivity index is 1.20. The van der Waals surface area contributed by atoms with Gasteiger partial charge in [-0.3, -0.25) is 0 Å². The number of nitrogens with zero attached hydrogens (tertiary/aromatic N) is 1. The maximum Gasteiger partial charge on any atom is 0.0467 e. The highest BCUT2D eigenvalue weighted by Gasteiger charge is 2.36. The van der Waals surface area contributed by atoms with Crippen LogP contribution in [0.25, 0.3) is 55.6 Å². The van der Waals surface area contributed by atoms with Crippen LogP contribution in [0.15, 0.2) is 170 Å². The molecule has 0 fully saturated rings. The lowest BCUT2D eigenvalue weighted by molar-refractivity contribution is 0.569. The van der Waals surface area contributed by atoms with E-state index >= 15 is 0 Å². The van der Waals surface area contributed by atoms with Gasteiger partial charge in [0.2, 0.25) is 0 Å². The van der Waals surface area contributed by atoms with Crippen LogP contribution in [0, 0.1) is 0 Å². The van der Waals surface area contributed by atoms with Crippen molar-refractivity contribution < 1.29 is 0 Å². The molecule has 0 N–H and O–H groups in total. The molecular formula is C71H79N. The Morgan fingerprint density at radius 2 is 0.653 bits per heavy atom. The van der Waals surface area contributed by atoms with Crippen molar-refractivity contribution in [3.05, 3.63) is 209 Å². The van der Waals surface area contributed by atoms with Crippen LogP contribution in [0.5, 0.6) is 0 Å². The van der Waals surface area contributed by atoms with Crippen LogP contribution in [-0.4, -0.2) is 0 Å². The van der Waals surface area contributed by atoms with Gasteiger partial charge in [0.25, 0.3) is 0 Å². The van der Waals surface area contributed by atoms with Crippen molar-refractivity contribution in [2.75, 3.05) is 4.90 Å². The highest BCUT2D eigenvalue weighted by Crippen LogP contribution is 2.51. The summed E-state index contributed by atoms with van der Waals surface area (Å²) in [5, 5.41) is 0. The molecule has 0 unspecified atom stereocenters. The minimum atomic E-state index is -0.129. The number of hydrogen-bond acceptors (Lipinski definition) is 1. The molecule has 0 bridgehead atoms. The van der Waals surface area contributed by atoms with Crippen molar-refractivity contribution in [1.82, 2.24) is 0 Å². The standard InChI is InChI=1S/C71H79N/c1-66(2,3)54-24-20-22-47(36-54)46-28-30-59(31-29-46)72(61-32-33-63-62-26-18-19-27-64(62)71(16,17)65(63)45-61)60-25-21-23-48(43-60)49-34-50(38-55(37-49)67(4,5)6)51-35-52(40-56(39-51)68(7,8)9)53-41-57(69(10,11)12)44-58(42-53)70(13,14)15/h18-45H,1-17H3. The van der Waals surface area contributed by atoms with Gasteiger partial charge in [0, 0.05) is 22.5 Å². The average molecular weight is 946 g/mol. The molecule has 0 saturated heterocycles. The fourth-order valence-electron chi connectivity index (χ4n) is 10.5. The van der Waals surface area contributed by atoms with Crippen LogP contribution in [0.1, 0.15) is 157 Å². The van der Waals surface area contributed by atoms with E-state index in [1.165, 1.54) is 94.6 Å². The third kappa shape index (κ3) is 10.0. The van der Waals surface area contributed by atoms with E-state index in [4.69, 9.17) is 0 Å². The Labute approximate surface area is 434 Å². The third-order valence-corrected chi connectivity index (χ3v) is 15.4. The number of hydrogen-bond donors (Lipinski definition) is 0. The topological polar surface area (TPSA) is 3.24 Å². The van der Waals surface area contributed by atoms with Crippen LogP contribution in [-0.2, 0) is 32.5 Å². The molecule has 0 spiro atoms. The molecular weight excluding hydrogens is 867 g/mol. The number of anilines is 3. The fraction of sp³-hybridized carbons (Fsp3) is 0.324. The molecule has 1 nitrogen and oxygen atoms in total. The summed E-state index contributed by atoms with van der Waals surface area (Å²) in [6.45, 7) is 39.6. The average Bonchev–Trinajstić information content (AvgIpc) is 3.55. The van der Waals surface area contributed by atoms with Gasteiger partial charge in [-0.05, 0) is 170 Å². The molecule has 0 saturated carbocycles. The first-order valence-corrected chi connectivity index (χ1v) is 26.4. The molecule has 0 amide bonds. The Morgan fingerprint density at radius 1 is 0.264 bits per heavy atom. The van der Waals surface area contributed by atoms with Crippen LogP contribution in [0.3, 0.4) is 0 Å². The molecule has 0 aliphatic heterocycles. The Kier molecular flexibility index (Phi) is 12.6. The lowest BCUT2D eigenvalue weighted by Crippen LogP contribution is -2.16. The molecule has 1 aliphatic rings. The maximum absolute atomic E-state index is 2.46. The lowest BCUT2D eigenvalue weighted by atomic mass is 9.77. The zero-order valence-corrected chi connectivity index (χ0v) is 46.6.